The Hall–Kier alpha value is -5.48. The lowest BCUT2D eigenvalue weighted by Crippen LogP contribution is -1.95. The summed E-state index contributed by atoms with van der Waals surface area (Å²) in [6.45, 7) is 24.2. The first kappa shape index (κ1) is 40.9. The third-order valence-electron chi connectivity index (χ3n) is 9.09. The lowest BCUT2D eigenvalue weighted by atomic mass is 9.89. The largest absolute Gasteiger partial charge is 0.508 e. The van der Waals surface area contributed by atoms with E-state index in [9.17, 15) is 15.3 Å². The molecule has 0 fully saturated rings. The van der Waals surface area contributed by atoms with Gasteiger partial charge in [-0.3, -0.25) is 0 Å². The molecule has 0 amide bonds. The molecule has 0 aliphatic heterocycles. The van der Waals surface area contributed by atoms with Gasteiger partial charge in [-0.05, 0) is 155 Å². The molecule has 52 heavy (non-hydrogen) atoms. The molecule has 0 bridgehead atoms. The number of hydrogen-bond donors (Lipinski definition) is 3. The fraction of sp³-hybridized carbons (Fsp3) is 0.250. The average molecular weight is 697 g/mol. The standard InChI is InChI=1S/2C24H28O2/c1-5-9-20-17-19(12-15-24(20)25)23(8-4)22(7-3)18-10-13-21(14-11-18)26-16-6-2;1-5-9-19-15-17(11-13-23(19)25)21(7-3)22(8-4)18-12-14-24(26)20(16-18)10-6-2/h5-6,10-15,17,25H,1-2,7-9,16H2,3-4H3;5-6,11-16,25-26H,1-2,7-10H2,3-4H3/b23-22+;22-21+. The molecule has 0 atom stereocenters. The fourth-order valence-corrected chi connectivity index (χ4v) is 6.55. The molecule has 4 heteroatoms. The highest BCUT2D eigenvalue weighted by molar-refractivity contribution is 5.92. The first-order chi connectivity index (χ1) is 25.2. The Morgan fingerprint density at radius 3 is 1.06 bits per heavy atom. The minimum Gasteiger partial charge on any atom is -0.508 e. The highest BCUT2D eigenvalue weighted by Crippen LogP contribution is 2.36. The maximum atomic E-state index is 10.1. The average Bonchev–Trinajstić information content (AvgIpc) is 3.16. The van der Waals surface area contributed by atoms with Crippen LogP contribution < -0.4 is 4.74 Å². The Bertz CT molecular complexity index is 1820. The highest BCUT2D eigenvalue weighted by Gasteiger charge is 2.14. The van der Waals surface area contributed by atoms with Gasteiger partial charge in [0.15, 0.2) is 0 Å². The molecule has 3 N–H and O–H groups in total. The van der Waals surface area contributed by atoms with Gasteiger partial charge < -0.3 is 20.1 Å². The molecule has 0 heterocycles. The summed E-state index contributed by atoms with van der Waals surface area (Å²) in [7, 11) is 0. The van der Waals surface area contributed by atoms with E-state index in [1.807, 2.05) is 36.4 Å². The monoisotopic (exact) mass is 696 g/mol. The Morgan fingerprint density at radius 1 is 0.462 bits per heavy atom. The van der Waals surface area contributed by atoms with Crippen LogP contribution in [0.3, 0.4) is 0 Å². The summed E-state index contributed by atoms with van der Waals surface area (Å²) in [6.07, 6.45) is 12.7. The molecule has 4 aromatic rings. The van der Waals surface area contributed by atoms with Crippen molar-refractivity contribution in [3.8, 4) is 23.0 Å². The predicted octanol–water partition coefficient (Wildman–Crippen LogP) is 12.7. The van der Waals surface area contributed by atoms with E-state index in [0.29, 0.717) is 43.1 Å². The zero-order chi connectivity index (χ0) is 38.0. The molecule has 0 unspecified atom stereocenters. The summed E-state index contributed by atoms with van der Waals surface area (Å²) in [5.74, 6) is 1.78. The van der Waals surface area contributed by atoms with Gasteiger partial charge in [-0.2, -0.15) is 0 Å². The van der Waals surface area contributed by atoms with E-state index in [1.165, 1.54) is 27.9 Å². The molecule has 4 nitrogen and oxygen atoms in total. The molecular weight excluding hydrogens is 641 g/mol. The minimum atomic E-state index is 0.306. The first-order valence-corrected chi connectivity index (χ1v) is 18.3. The quantitative estimate of drug-likeness (QED) is 0.0759. The smallest absolute Gasteiger partial charge is 0.119 e. The van der Waals surface area contributed by atoms with Crippen LogP contribution in [0, 0.1) is 0 Å². The molecule has 0 aliphatic carbocycles. The third kappa shape index (κ3) is 10.8. The number of phenols is 3. The van der Waals surface area contributed by atoms with Gasteiger partial charge in [0.1, 0.15) is 29.6 Å². The fourth-order valence-electron chi connectivity index (χ4n) is 6.55. The Morgan fingerprint density at radius 2 is 0.769 bits per heavy atom. The number of aromatic hydroxyl groups is 3. The van der Waals surface area contributed by atoms with Crippen LogP contribution in [0.4, 0.5) is 0 Å². The predicted molar refractivity (Wildman–Crippen MR) is 223 cm³/mol. The van der Waals surface area contributed by atoms with Crippen LogP contribution in [0.1, 0.15) is 92.3 Å². The molecule has 4 aromatic carbocycles. The number of allylic oxidation sites excluding steroid dienone is 7. The molecule has 0 spiro atoms. The van der Waals surface area contributed by atoms with E-state index in [4.69, 9.17) is 4.74 Å². The SMILES string of the molecule is C=CCOc1ccc(/C(CC)=C(\CC)c2ccc(O)c(CC=C)c2)cc1.C=CCc1cc(/C(CC)=C(\CC)c2ccc(O)c(CC=C)c2)ccc1O. The maximum absolute atomic E-state index is 10.1. The van der Waals surface area contributed by atoms with Gasteiger partial charge in [-0.15, -0.1) is 19.7 Å². The Labute approximate surface area is 312 Å². The van der Waals surface area contributed by atoms with Crippen molar-refractivity contribution < 1.29 is 20.1 Å². The van der Waals surface area contributed by atoms with Crippen molar-refractivity contribution in [3.63, 3.8) is 0 Å². The van der Waals surface area contributed by atoms with Crippen molar-refractivity contribution in [1.82, 2.24) is 0 Å². The molecule has 272 valence electrons. The van der Waals surface area contributed by atoms with Crippen LogP contribution in [-0.4, -0.2) is 21.9 Å². The minimum absolute atomic E-state index is 0.306. The van der Waals surface area contributed by atoms with Gasteiger partial charge in [-0.25, -0.2) is 0 Å². The lowest BCUT2D eigenvalue weighted by molar-refractivity contribution is 0.363. The Balaban J connectivity index is 0.000000280. The summed E-state index contributed by atoms with van der Waals surface area (Å²) in [5, 5.41) is 30.2. The highest BCUT2D eigenvalue weighted by atomic mass is 16.5. The second-order valence-corrected chi connectivity index (χ2v) is 12.5. The van der Waals surface area contributed by atoms with E-state index in [2.05, 4.69) is 84.3 Å². The first-order valence-electron chi connectivity index (χ1n) is 18.3. The van der Waals surface area contributed by atoms with Crippen molar-refractivity contribution >= 4 is 22.3 Å². The van der Waals surface area contributed by atoms with E-state index in [1.54, 1.807) is 36.4 Å². The molecular formula is C48H56O4. The van der Waals surface area contributed by atoms with E-state index in [-0.39, 0.29) is 0 Å². The molecule has 0 aromatic heterocycles. The van der Waals surface area contributed by atoms with Crippen molar-refractivity contribution in [3.05, 3.63) is 168 Å². The van der Waals surface area contributed by atoms with Crippen LogP contribution in [0.15, 0.2) is 129 Å². The maximum Gasteiger partial charge on any atom is 0.119 e. The van der Waals surface area contributed by atoms with Crippen LogP contribution >= 0.6 is 0 Å². The van der Waals surface area contributed by atoms with Gasteiger partial charge in [0, 0.05) is 0 Å². The lowest BCUT2D eigenvalue weighted by Gasteiger charge is -2.16. The van der Waals surface area contributed by atoms with Crippen molar-refractivity contribution in [1.29, 1.82) is 0 Å². The van der Waals surface area contributed by atoms with Gasteiger partial charge in [0.25, 0.3) is 0 Å². The van der Waals surface area contributed by atoms with Gasteiger partial charge in [-0.1, -0.05) is 88.9 Å². The van der Waals surface area contributed by atoms with Crippen molar-refractivity contribution in [2.45, 2.75) is 72.6 Å². The topological polar surface area (TPSA) is 69.9 Å². The summed E-state index contributed by atoms with van der Waals surface area (Å²) in [4.78, 5) is 0. The van der Waals surface area contributed by atoms with Crippen molar-refractivity contribution in [2.24, 2.45) is 0 Å². The summed E-state index contributed by atoms with van der Waals surface area (Å²) < 4.78 is 5.58. The Kier molecular flexibility index (Phi) is 16.5. The zero-order valence-electron chi connectivity index (χ0n) is 31.6. The van der Waals surface area contributed by atoms with Crippen LogP contribution in [0.25, 0.3) is 22.3 Å². The summed E-state index contributed by atoms with van der Waals surface area (Å²) in [6, 6.07) is 25.7. The number of hydrogen-bond acceptors (Lipinski definition) is 4. The normalized spacial score (nSPS) is 11.7. The van der Waals surface area contributed by atoms with Crippen LogP contribution in [-0.2, 0) is 19.3 Å². The van der Waals surface area contributed by atoms with E-state index >= 15 is 0 Å². The molecule has 0 radical (unpaired) electrons. The van der Waals surface area contributed by atoms with Gasteiger partial charge >= 0.3 is 0 Å². The summed E-state index contributed by atoms with van der Waals surface area (Å²) >= 11 is 0. The second-order valence-electron chi connectivity index (χ2n) is 12.5. The van der Waals surface area contributed by atoms with Crippen LogP contribution in [0.2, 0.25) is 0 Å². The number of benzene rings is 4. The number of rotatable bonds is 17. The van der Waals surface area contributed by atoms with Gasteiger partial charge in [0.05, 0.1) is 0 Å². The van der Waals surface area contributed by atoms with Gasteiger partial charge in [0.2, 0.25) is 0 Å². The zero-order valence-corrected chi connectivity index (χ0v) is 31.6. The van der Waals surface area contributed by atoms with Crippen molar-refractivity contribution in [2.75, 3.05) is 6.61 Å². The number of phenolic OH excluding ortho intramolecular Hbond substituents is 3. The third-order valence-corrected chi connectivity index (χ3v) is 9.09. The second kappa shape index (κ2) is 21.0. The summed E-state index contributed by atoms with van der Waals surface area (Å²) in [5.41, 5.74) is 12.4. The van der Waals surface area contributed by atoms with E-state index < -0.39 is 0 Å². The van der Waals surface area contributed by atoms with Crippen LogP contribution in [0.5, 0.6) is 23.0 Å². The number of ether oxygens (including phenoxy) is 1. The molecule has 0 aliphatic rings. The van der Waals surface area contributed by atoms with E-state index in [0.717, 1.165) is 64.8 Å². The molecule has 0 saturated carbocycles. The molecule has 4 rings (SSSR count). The molecule has 0 saturated heterocycles.